The first-order valence-corrected chi connectivity index (χ1v) is 15.5. The maximum atomic E-state index is 13.1. The largest absolute Gasteiger partial charge is 0.435 e. The number of rotatable bonds is 23. The van der Waals surface area contributed by atoms with E-state index in [1.807, 2.05) is 0 Å². The molecule has 2 rings (SSSR count). The van der Waals surface area contributed by atoms with E-state index in [-0.39, 0.29) is 11.5 Å². The molecule has 2 aromatic carbocycles. The van der Waals surface area contributed by atoms with Gasteiger partial charge in [0.15, 0.2) is 0 Å². The van der Waals surface area contributed by atoms with Gasteiger partial charge in [-0.05, 0) is 55.0 Å². The highest BCUT2D eigenvalue weighted by atomic mass is 19.3. The van der Waals surface area contributed by atoms with Gasteiger partial charge in [-0.1, -0.05) is 96.8 Å². The minimum atomic E-state index is -2.96. The number of unbranched alkanes of at least 4 members (excludes halogenated alkanes) is 13. The van der Waals surface area contributed by atoms with E-state index >= 15 is 0 Å². The van der Waals surface area contributed by atoms with Crippen LogP contribution in [-0.2, 0) is 9.59 Å². The van der Waals surface area contributed by atoms with Gasteiger partial charge >= 0.3 is 13.2 Å². The molecule has 0 radical (unpaired) electrons. The zero-order valence-corrected chi connectivity index (χ0v) is 25.1. The van der Waals surface area contributed by atoms with Crippen LogP contribution in [0.5, 0.6) is 11.5 Å². The van der Waals surface area contributed by atoms with E-state index in [4.69, 9.17) is 0 Å². The number of carbonyl (C=O) groups is 2. The van der Waals surface area contributed by atoms with Gasteiger partial charge in [-0.15, -0.1) is 0 Å². The Morgan fingerprint density at radius 2 is 0.884 bits per heavy atom. The lowest BCUT2D eigenvalue weighted by molar-refractivity contribution is -0.129. The molecule has 2 amide bonds. The molecule has 0 unspecified atom stereocenters. The summed E-state index contributed by atoms with van der Waals surface area (Å²) in [5.74, 6) is -2.20. The van der Waals surface area contributed by atoms with E-state index < -0.39 is 31.0 Å². The number of benzene rings is 2. The summed E-state index contributed by atoms with van der Waals surface area (Å²) in [6.45, 7) is -3.70. The average Bonchev–Trinajstić information content (AvgIpc) is 2.96. The van der Waals surface area contributed by atoms with Gasteiger partial charge in [0, 0.05) is 11.4 Å². The van der Waals surface area contributed by atoms with Crippen LogP contribution in [0.2, 0.25) is 0 Å². The number of hydrogen-bond donors (Lipinski definition) is 2. The third-order valence-corrected chi connectivity index (χ3v) is 7.17. The fourth-order valence-corrected chi connectivity index (χ4v) is 4.82. The summed E-state index contributed by atoms with van der Waals surface area (Å²) in [5, 5.41) is 5.35. The highest BCUT2D eigenvalue weighted by Crippen LogP contribution is 2.23. The van der Waals surface area contributed by atoms with Crippen molar-refractivity contribution < 1.29 is 36.6 Å². The Morgan fingerprint density at radius 1 is 0.558 bits per heavy atom. The highest BCUT2D eigenvalue weighted by Gasteiger charge is 2.26. The van der Waals surface area contributed by atoms with E-state index in [2.05, 4.69) is 27.0 Å². The first-order valence-electron chi connectivity index (χ1n) is 15.5. The fourth-order valence-electron chi connectivity index (χ4n) is 4.82. The summed E-state index contributed by atoms with van der Waals surface area (Å²) < 4.78 is 58.4. The van der Waals surface area contributed by atoms with Gasteiger partial charge in [-0.3, -0.25) is 9.59 Å². The zero-order chi connectivity index (χ0) is 31.3. The second-order valence-corrected chi connectivity index (χ2v) is 10.7. The Balaban J connectivity index is 1.82. The van der Waals surface area contributed by atoms with E-state index in [0.717, 1.165) is 19.3 Å². The molecule has 6 nitrogen and oxygen atoms in total. The summed E-state index contributed by atoms with van der Waals surface area (Å²) in [6.07, 6.45) is 16.9. The van der Waals surface area contributed by atoms with Crippen LogP contribution < -0.4 is 20.1 Å². The van der Waals surface area contributed by atoms with Crippen molar-refractivity contribution in [2.45, 2.75) is 116 Å². The Labute approximate surface area is 252 Å². The minimum absolute atomic E-state index is 0.0519. The number of alkyl halides is 4. The number of hydrogen-bond acceptors (Lipinski definition) is 4. The molecule has 0 spiro atoms. The molecule has 0 fully saturated rings. The summed E-state index contributed by atoms with van der Waals surface area (Å²) in [6, 6.07) is 10.9. The first kappa shape index (κ1) is 35.9. The molecular weight excluding hydrogens is 564 g/mol. The molecule has 0 saturated heterocycles. The lowest BCUT2D eigenvalue weighted by atomic mass is 9.97. The molecule has 10 heteroatoms. The lowest BCUT2D eigenvalue weighted by Gasteiger charge is -2.17. The van der Waals surface area contributed by atoms with Crippen LogP contribution in [0.3, 0.4) is 0 Å². The maximum Gasteiger partial charge on any atom is 0.387 e. The summed E-state index contributed by atoms with van der Waals surface area (Å²) in [5.41, 5.74) is 0.665. The second kappa shape index (κ2) is 21.4. The lowest BCUT2D eigenvalue weighted by Crippen LogP contribution is -2.34. The molecule has 0 aliphatic heterocycles. The molecule has 2 aromatic rings. The summed E-state index contributed by atoms with van der Waals surface area (Å²) >= 11 is 0. The molecule has 2 N–H and O–H groups in total. The van der Waals surface area contributed by atoms with E-state index in [1.165, 1.54) is 113 Å². The van der Waals surface area contributed by atoms with Gasteiger partial charge in [-0.25, -0.2) is 0 Å². The molecule has 0 saturated carbocycles. The van der Waals surface area contributed by atoms with E-state index in [9.17, 15) is 27.2 Å². The maximum absolute atomic E-state index is 13.1. The van der Waals surface area contributed by atoms with Crippen LogP contribution in [-0.4, -0.2) is 25.0 Å². The SMILES string of the molecule is CCCCCCCCCCCCCCCCC(C(=O)Nc1ccc(OC(F)F)cc1)C(=O)Nc1ccc(OC(F)F)cc1. The quantitative estimate of drug-likeness (QED) is 0.0746. The second-order valence-electron chi connectivity index (χ2n) is 10.7. The van der Waals surface area contributed by atoms with Crippen LogP contribution in [0.4, 0.5) is 28.9 Å². The van der Waals surface area contributed by atoms with Crippen molar-refractivity contribution in [3.63, 3.8) is 0 Å². The van der Waals surface area contributed by atoms with Crippen molar-refractivity contribution in [3.05, 3.63) is 48.5 Å². The zero-order valence-electron chi connectivity index (χ0n) is 25.1. The van der Waals surface area contributed by atoms with Crippen molar-refractivity contribution in [1.82, 2.24) is 0 Å². The van der Waals surface area contributed by atoms with Crippen LogP contribution in [0.1, 0.15) is 103 Å². The van der Waals surface area contributed by atoms with Crippen molar-refractivity contribution in [3.8, 4) is 11.5 Å². The number of carbonyl (C=O) groups excluding carboxylic acids is 2. The predicted molar refractivity (Wildman–Crippen MR) is 162 cm³/mol. The third-order valence-electron chi connectivity index (χ3n) is 7.17. The molecule has 0 aliphatic carbocycles. The highest BCUT2D eigenvalue weighted by molar-refractivity contribution is 6.10. The molecule has 0 aliphatic rings. The molecule has 0 atom stereocenters. The van der Waals surface area contributed by atoms with Gasteiger partial charge in [0.2, 0.25) is 11.8 Å². The predicted octanol–water partition coefficient (Wildman–Crippen LogP) is 9.95. The van der Waals surface area contributed by atoms with Gasteiger partial charge < -0.3 is 20.1 Å². The molecule has 0 heterocycles. The van der Waals surface area contributed by atoms with Gasteiger partial charge in [-0.2, -0.15) is 17.6 Å². The molecular formula is C33H46F4N2O4. The third kappa shape index (κ3) is 16.2. The first-order chi connectivity index (χ1) is 20.8. The Kier molecular flexibility index (Phi) is 17.9. The van der Waals surface area contributed by atoms with Crippen LogP contribution in [0, 0.1) is 5.92 Å². The number of amides is 2. The Hall–Kier alpha value is -3.30. The van der Waals surface area contributed by atoms with Crippen LogP contribution in [0.15, 0.2) is 48.5 Å². The Morgan fingerprint density at radius 3 is 1.21 bits per heavy atom. The number of ether oxygens (including phenoxy) is 2. The van der Waals surface area contributed by atoms with Gasteiger partial charge in [0.25, 0.3) is 0 Å². The van der Waals surface area contributed by atoms with E-state index in [0.29, 0.717) is 24.2 Å². The van der Waals surface area contributed by atoms with Crippen molar-refractivity contribution in [2.24, 2.45) is 5.92 Å². The average molecular weight is 611 g/mol. The molecule has 240 valence electrons. The topological polar surface area (TPSA) is 76.7 Å². The summed E-state index contributed by atoms with van der Waals surface area (Å²) in [4.78, 5) is 26.2. The van der Waals surface area contributed by atoms with Crippen LogP contribution >= 0.6 is 0 Å². The fraction of sp³-hybridized carbons (Fsp3) is 0.576. The number of halogens is 4. The van der Waals surface area contributed by atoms with Crippen LogP contribution in [0.25, 0.3) is 0 Å². The van der Waals surface area contributed by atoms with Gasteiger partial charge in [0.1, 0.15) is 17.4 Å². The van der Waals surface area contributed by atoms with Gasteiger partial charge in [0.05, 0.1) is 0 Å². The minimum Gasteiger partial charge on any atom is -0.435 e. The molecule has 0 aromatic heterocycles. The van der Waals surface area contributed by atoms with E-state index in [1.54, 1.807) is 0 Å². The van der Waals surface area contributed by atoms with Crippen molar-refractivity contribution in [2.75, 3.05) is 10.6 Å². The normalized spacial score (nSPS) is 11.3. The monoisotopic (exact) mass is 610 g/mol. The van der Waals surface area contributed by atoms with Crippen molar-refractivity contribution >= 4 is 23.2 Å². The Bertz CT molecular complexity index is 969. The van der Waals surface area contributed by atoms with Crippen molar-refractivity contribution in [1.29, 1.82) is 0 Å². The number of anilines is 2. The molecule has 43 heavy (non-hydrogen) atoms. The standard InChI is InChI=1S/C33H46F4N2O4/c1-2-3-4-5-6-7-8-9-10-11-12-13-14-15-16-29(30(40)38-25-17-21-27(22-18-25)42-32(34)35)31(41)39-26-19-23-28(24-20-26)43-33(36)37/h17-24,29,32-33H,2-16H2,1H3,(H,38,40)(H,39,41). The summed E-state index contributed by atoms with van der Waals surface area (Å²) in [7, 11) is 0. The smallest absolute Gasteiger partial charge is 0.387 e. The number of nitrogens with one attached hydrogen (secondary N) is 2. The molecule has 0 bridgehead atoms.